The maximum Gasteiger partial charge on any atom is 0.340 e. The van der Waals surface area contributed by atoms with Crippen LogP contribution in [-0.2, 0) is 11.2 Å². The molecular formula is C26H24ClN3O3. The highest BCUT2D eigenvalue weighted by Gasteiger charge is 2.22. The number of carbonyl (C=O) groups is 1. The van der Waals surface area contributed by atoms with Crippen LogP contribution in [0.5, 0.6) is 0 Å². The van der Waals surface area contributed by atoms with Gasteiger partial charge >= 0.3 is 5.97 Å². The van der Waals surface area contributed by atoms with Crippen LogP contribution in [0.3, 0.4) is 0 Å². The maximum absolute atomic E-state index is 13.2. The fourth-order valence-corrected chi connectivity index (χ4v) is 4.10. The number of carbonyl (C=O) groups excluding carboxylic acids is 1. The second kappa shape index (κ2) is 9.38. The number of nitrogens with zero attached hydrogens (tertiary/aromatic N) is 1. The van der Waals surface area contributed by atoms with Gasteiger partial charge in [-0.15, -0.1) is 0 Å². The molecule has 0 radical (unpaired) electrons. The van der Waals surface area contributed by atoms with Gasteiger partial charge in [-0.05, 0) is 55.3 Å². The molecule has 2 aromatic heterocycles. The first-order valence-electron chi connectivity index (χ1n) is 10.6. The van der Waals surface area contributed by atoms with Crippen LogP contribution in [0.2, 0.25) is 5.02 Å². The highest BCUT2D eigenvalue weighted by Crippen LogP contribution is 2.25. The maximum atomic E-state index is 13.2. The Balaban J connectivity index is 1.90. The van der Waals surface area contributed by atoms with E-state index in [0.717, 1.165) is 11.1 Å². The molecule has 6 nitrogen and oxygen atoms in total. The Morgan fingerprint density at radius 3 is 2.64 bits per heavy atom. The number of para-hydroxylation sites is 1. The van der Waals surface area contributed by atoms with E-state index in [9.17, 15) is 9.59 Å². The molecule has 0 aliphatic rings. The smallest absolute Gasteiger partial charge is 0.340 e. The summed E-state index contributed by atoms with van der Waals surface area (Å²) in [5, 5.41) is 4.52. The molecule has 168 valence electrons. The van der Waals surface area contributed by atoms with Crippen molar-refractivity contribution in [1.82, 2.24) is 14.8 Å². The lowest BCUT2D eigenvalue weighted by molar-refractivity contribution is 0.0524. The molecule has 2 N–H and O–H groups in total. The Bertz CT molecular complexity index is 1480. The highest BCUT2D eigenvalue weighted by atomic mass is 35.5. The summed E-state index contributed by atoms with van der Waals surface area (Å²) in [6.07, 6.45) is 2.17. The zero-order valence-corrected chi connectivity index (χ0v) is 19.2. The van der Waals surface area contributed by atoms with Gasteiger partial charge in [0, 0.05) is 22.8 Å². The van der Waals surface area contributed by atoms with E-state index >= 15 is 0 Å². The van der Waals surface area contributed by atoms with Gasteiger partial charge in [-0.1, -0.05) is 48.5 Å². The van der Waals surface area contributed by atoms with Crippen LogP contribution in [0.15, 0.2) is 59.4 Å². The minimum absolute atomic E-state index is 0.232. The third-order valence-corrected chi connectivity index (χ3v) is 5.62. The van der Waals surface area contributed by atoms with Crippen molar-refractivity contribution >= 4 is 30.2 Å². The normalized spacial score (nSPS) is 11.7. The molecule has 0 fully saturated rings. The Kier molecular flexibility index (Phi) is 6.38. The predicted molar refractivity (Wildman–Crippen MR) is 130 cm³/mol. The summed E-state index contributed by atoms with van der Waals surface area (Å²) < 4.78 is 6.75. The van der Waals surface area contributed by atoms with Crippen molar-refractivity contribution in [2.45, 2.75) is 20.3 Å². The van der Waals surface area contributed by atoms with Gasteiger partial charge in [-0.25, -0.2) is 9.48 Å². The lowest BCUT2D eigenvalue weighted by Crippen LogP contribution is -2.34. The topological polar surface area (TPSA) is 79.9 Å². The summed E-state index contributed by atoms with van der Waals surface area (Å²) >= 11 is 6.18. The van der Waals surface area contributed by atoms with Gasteiger partial charge < -0.3 is 9.72 Å². The summed E-state index contributed by atoms with van der Waals surface area (Å²) in [5.74, 6) is -0.409. The van der Waals surface area contributed by atoms with Crippen molar-refractivity contribution in [2.24, 2.45) is 0 Å². The van der Waals surface area contributed by atoms with Gasteiger partial charge in [0.25, 0.3) is 5.56 Å². The molecule has 0 saturated carbocycles. The van der Waals surface area contributed by atoms with Crippen molar-refractivity contribution in [3.05, 3.63) is 109 Å². The number of hydrogen-bond acceptors (Lipinski definition) is 3. The van der Waals surface area contributed by atoms with E-state index in [0.29, 0.717) is 44.6 Å². The van der Waals surface area contributed by atoms with Gasteiger partial charge in [0.15, 0.2) is 0 Å². The molecule has 0 unspecified atom stereocenters. The zero-order chi connectivity index (χ0) is 23.5. The second-order valence-corrected chi connectivity index (χ2v) is 8.11. The molecule has 0 spiro atoms. The first-order chi connectivity index (χ1) is 15.9. The zero-order valence-electron chi connectivity index (χ0n) is 18.4. The van der Waals surface area contributed by atoms with Crippen LogP contribution < -0.4 is 16.1 Å². The van der Waals surface area contributed by atoms with Crippen LogP contribution in [-0.4, -0.2) is 27.3 Å². The van der Waals surface area contributed by atoms with Crippen LogP contribution >= 0.6 is 11.6 Å². The fourth-order valence-electron chi connectivity index (χ4n) is 3.89. The lowest BCUT2D eigenvalue weighted by Gasteiger charge is -2.07. The molecule has 0 saturated heterocycles. The largest absolute Gasteiger partial charge is 0.462 e. The Labute approximate surface area is 195 Å². The number of hydrogen-bond donors (Lipinski definition) is 2. The van der Waals surface area contributed by atoms with Gasteiger partial charge in [0.2, 0.25) is 0 Å². The predicted octanol–water partition coefficient (Wildman–Crippen LogP) is 3.46. The van der Waals surface area contributed by atoms with Crippen molar-refractivity contribution < 1.29 is 9.53 Å². The molecular weight excluding hydrogens is 438 g/mol. The Morgan fingerprint density at radius 2 is 1.94 bits per heavy atom. The lowest BCUT2D eigenvalue weighted by atomic mass is 9.99. The summed E-state index contributed by atoms with van der Waals surface area (Å²) in [7, 11) is 0. The molecule has 0 aliphatic carbocycles. The number of esters is 1. The number of aryl methyl sites for hydroxylation is 1. The van der Waals surface area contributed by atoms with Gasteiger partial charge in [-0.3, -0.25) is 9.89 Å². The number of ether oxygens (including phenoxy) is 1. The molecule has 0 atom stereocenters. The number of benzene rings is 2. The molecule has 4 rings (SSSR count). The summed E-state index contributed by atoms with van der Waals surface area (Å²) in [5.41, 5.74) is 3.93. The standard InChI is InChI=1S/C26H24ClN3O3/c1-4-33-26(32)24-17(3)28-23(22(24)14-18-9-8-10-19(27)13-18)15-21-16(2)29-30(25(21)31)20-11-6-5-7-12-20/h5-13,15,28-29H,2,4,14H2,1,3H3/b21-15+. The van der Waals surface area contributed by atoms with E-state index in [-0.39, 0.29) is 12.2 Å². The van der Waals surface area contributed by atoms with Crippen LogP contribution in [0.4, 0.5) is 0 Å². The monoisotopic (exact) mass is 461 g/mol. The Hall–Kier alpha value is -3.77. The minimum atomic E-state index is -0.409. The second-order valence-electron chi connectivity index (χ2n) is 7.67. The molecule has 7 heteroatoms. The number of aromatic nitrogens is 3. The van der Waals surface area contributed by atoms with E-state index in [1.54, 1.807) is 19.1 Å². The number of halogens is 1. The third kappa shape index (κ3) is 4.56. The minimum Gasteiger partial charge on any atom is -0.462 e. The number of rotatable bonds is 6. The molecule has 2 aromatic carbocycles. The molecule has 2 heterocycles. The number of H-pyrrole nitrogens is 2. The SMILES string of the molecule is C=c1[nH]n(-c2ccccc2)c(=O)/c1=C/c1[nH]c(C)c(C(=O)OCC)c1Cc1cccc(Cl)c1. The van der Waals surface area contributed by atoms with Crippen molar-refractivity contribution in [1.29, 1.82) is 0 Å². The molecule has 0 aliphatic heterocycles. The first-order valence-corrected chi connectivity index (χ1v) is 11.0. The summed E-state index contributed by atoms with van der Waals surface area (Å²) in [6.45, 7) is 7.86. The summed E-state index contributed by atoms with van der Waals surface area (Å²) in [4.78, 5) is 29.2. The third-order valence-electron chi connectivity index (χ3n) is 5.38. The van der Waals surface area contributed by atoms with Crippen molar-refractivity contribution in [3.8, 4) is 5.69 Å². The van der Waals surface area contributed by atoms with Crippen LogP contribution in [0.1, 0.15) is 39.8 Å². The average Bonchev–Trinajstić information content (AvgIpc) is 3.25. The van der Waals surface area contributed by atoms with Crippen molar-refractivity contribution in [2.75, 3.05) is 6.61 Å². The van der Waals surface area contributed by atoms with E-state index in [2.05, 4.69) is 16.7 Å². The number of nitrogens with one attached hydrogen (secondary N) is 2. The van der Waals surface area contributed by atoms with Gasteiger partial charge in [0.05, 0.1) is 28.4 Å². The molecule has 0 amide bonds. The van der Waals surface area contributed by atoms with E-state index in [1.165, 1.54) is 4.68 Å². The van der Waals surface area contributed by atoms with Crippen LogP contribution in [0, 0.1) is 6.92 Å². The molecule has 4 aromatic rings. The van der Waals surface area contributed by atoms with E-state index in [4.69, 9.17) is 16.3 Å². The highest BCUT2D eigenvalue weighted by molar-refractivity contribution is 6.30. The summed E-state index contributed by atoms with van der Waals surface area (Å²) in [6, 6.07) is 16.7. The van der Waals surface area contributed by atoms with Crippen LogP contribution in [0.25, 0.3) is 18.3 Å². The van der Waals surface area contributed by atoms with Crippen molar-refractivity contribution in [3.63, 3.8) is 0 Å². The van der Waals surface area contributed by atoms with Gasteiger partial charge in [-0.2, -0.15) is 0 Å². The Morgan fingerprint density at radius 1 is 1.18 bits per heavy atom. The first kappa shape index (κ1) is 22.4. The fraction of sp³-hybridized carbons (Fsp3) is 0.154. The molecule has 33 heavy (non-hydrogen) atoms. The number of aromatic amines is 2. The van der Waals surface area contributed by atoms with Gasteiger partial charge in [0.1, 0.15) is 0 Å². The van der Waals surface area contributed by atoms with E-state index in [1.807, 2.05) is 55.5 Å². The average molecular weight is 462 g/mol. The molecule has 0 bridgehead atoms. The van der Waals surface area contributed by atoms with E-state index < -0.39 is 5.97 Å². The quantitative estimate of drug-likeness (QED) is 0.431.